The maximum atomic E-state index is 12.0. The van der Waals surface area contributed by atoms with E-state index < -0.39 is 0 Å². The highest BCUT2D eigenvalue weighted by molar-refractivity contribution is 6.05. The lowest BCUT2D eigenvalue weighted by molar-refractivity contribution is -0.136. The van der Waals surface area contributed by atoms with E-state index in [1.165, 1.54) is 11.9 Å². The summed E-state index contributed by atoms with van der Waals surface area (Å²) in [5.74, 6) is 0.0867. The van der Waals surface area contributed by atoms with Crippen molar-refractivity contribution in [2.45, 2.75) is 0 Å². The zero-order valence-corrected chi connectivity index (χ0v) is 13.5. The van der Waals surface area contributed by atoms with Crippen LogP contribution in [0.15, 0.2) is 46.9 Å². The summed E-state index contributed by atoms with van der Waals surface area (Å²) in [6.07, 6.45) is 0. The molecule has 3 rings (SSSR count). The monoisotopic (exact) mass is 326 g/mol. The number of hydrogen-bond donors (Lipinski definition) is 1. The van der Waals surface area contributed by atoms with Gasteiger partial charge in [-0.3, -0.25) is 9.59 Å². The molecule has 0 saturated carbocycles. The quantitative estimate of drug-likeness (QED) is 0.780. The molecule has 1 aromatic heterocycles. The summed E-state index contributed by atoms with van der Waals surface area (Å²) in [6.45, 7) is -0.126. The molecule has 1 N–H and O–H groups in total. The molecule has 1 heterocycles. The van der Waals surface area contributed by atoms with Crippen LogP contribution in [-0.2, 0) is 9.59 Å². The molecule has 0 unspecified atom stereocenters. The summed E-state index contributed by atoms with van der Waals surface area (Å²) in [5, 5.41) is 4.41. The molecule has 0 saturated heterocycles. The minimum atomic E-state index is -0.268. The van der Waals surface area contributed by atoms with Crippen LogP contribution in [0, 0.1) is 0 Å². The fourth-order valence-electron chi connectivity index (χ4n) is 2.43. The van der Waals surface area contributed by atoms with Gasteiger partial charge in [0.05, 0.1) is 6.54 Å². The van der Waals surface area contributed by atoms with Crippen LogP contribution in [-0.4, -0.2) is 44.0 Å². The largest absolute Gasteiger partial charge is 0.484 e. The number of hydrogen-bond acceptors (Lipinski definition) is 4. The topological polar surface area (TPSA) is 71.8 Å². The number of nitrogens with zero attached hydrogens (tertiary/aromatic N) is 1. The van der Waals surface area contributed by atoms with Crippen molar-refractivity contribution in [1.82, 2.24) is 10.2 Å². The third-order valence-corrected chi connectivity index (χ3v) is 3.80. The normalized spacial score (nSPS) is 10.8. The standard InChI is InChI=1S/C18H18N2O4/c1-19-17(21)10-20(2)18(22)11-23-12-7-8-16-14(9-12)13-5-3-4-6-15(13)24-16/h3-9H,10-11H2,1-2H3,(H,19,21). The average Bonchev–Trinajstić information content (AvgIpc) is 2.97. The van der Waals surface area contributed by atoms with Gasteiger partial charge in [-0.25, -0.2) is 0 Å². The molecule has 0 aliphatic carbocycles. The van der Waals surface area contributed by atoms with Crippen LogP contribution in [0.4, 0.5) is 0 Å². The maximum absolute atomic E-state index is 12.0. The van der Waals surface area contributed by atoms with Crippen molar-refractivity contribution in [3.05, 3.63) is 42.5 Å². The van der Waals surface area contributed by atoms with Crippen molar-refractivity contribution in [3.63, 3.8) is 0 Å². The number of para-hydroxylation sites is 1. The summed E-state index contributed by atoms with van der Waals surface area (Å²) in [7, 11) is 3.09. The van der Waals surface area contributed by atoms with E-state index in [0.717, 1.165) is 21.9 Å². The number of ether oxygens (including phenoxy) is 1. The van der Waals surface area contributed by atoms with E-state index in [9.17, 15) is 9.59 Å². The van der Waals surface area contributed by atoms with Gasteiger partial charge < -0.3 is 19.4 Å². The van der Waals surface area contributed by atoms with Crippen LogP contribution >= 0.6 is 0 Å². The first-order valence-corrected chi connectivity index (χ1v) is 7.57. The summed E-state index contributed by atoms with van der Waals surface area (Å²) < 4.78 is 11.3. The molecule has 3 aromatic rings. The second kappa shape index (κ2) is 6.62. The molecule has 0 aliphatic rings. The van der Waals surface area contributed by atoms with Gasteiger partial charge in [-0.1, -0.05) is 18.2 Å². The predicted octanol–water partition coefficient (Wildman–Crippen LogP) is 2.17. The number of carbonyl (C=O) groups is 2. The zero-order chi connectivity index (χ0) is 17.1. The minimum absolute atomic E-state index is 0.00406. The number of carbonyl (C=O) groups excluding carboxylic acids is 2. The second-order valence-electron chi connectivity index (χ2n) is 5.47. The van der Waals surface area contributed by atoms with Gasteiger partial charge in [0.1, 0.15) is 16.9 Å². The van der Waals surface area contributed by atoms with Crippen LogP contribution in [0.3, 0.4) is 0 Å². The lowest BCUT2D eigenvalue weighted by Gasteiger charge is -2.16. The number of fused-ring (bicyclic) bond motifs is 3. The highest BCUT2D eigenvalue weighted by Gasteiger charge is 2.13. The summed E-state index contributed by atoms with van der Waals surface area (Å²) in [6, 6.07) is 13.2. The summed E-state index contributed by atoms with van der Waals surface area (Å²) in [4.78, 5) is 24.6. The fraction of sp³-hybridized carbons (Fsp3) is 0.222. The van der Waals surface area contributed by atoms with Gasteiger partial charge in [-0.05, 0) is 24.3 Å². The Balaban J connectivity index is 1.72. The van der Waals surface area contributed by atoms with E-state index in [1.54, 1.807) is 13.1 Å². The van der Waals surface area contributed by atoms with Crippen molar-refractivity contribution >= 4 is 33.8 Å². The SMILES string of the molecule is CNC(=O)CN(C)C(=O)COc1ccc2oc3ccccc3c2c1. The molecular weight excluding hydrogens is 308 g/mol. The molecular formula is C18H18N2O4. The van der Waals surface area contributed by atoms with Crippen molar-refractivity contribution < 1.29 is 18.7 Å². The van der Waals surface area contributed by atoms with Crippen molar-refractivity contribution in [2.24, 2.45) is 0 Å². The first-order valence-electron chi connectivity index (χ1n) is 7.57. The molecule has 0 bridgehead atoms. The number of amides is 2. The smallest absolute Gasteiger partial charge is 0.260 e. The highest BCUT2D eigenvalue weighted by Crippen LogP contribution is 2.31. The number of benzene rings is 2. The molecule has 2 amide bonds. The average molecular weight is 326 g/mol. The molecule has 0 spiro atoms. The molecule has 0 fully saturated rings. The Kier molecular flexibility index (Phi) is 4.37. The van der Waals surface area contributed by atoms with Gasteiger partial charge in [0, 0.05) is 24.9 Å². The second-order valence-corrected chi connectivity index (χ2v) is 5.47. The first kappa shape index (κ1) is 15.9. The Morgan fingerprint density at radius 1 is 1.12 bits per heavy atom. The van der Waals surface area contributed by atoms with Crippen LogP contribution in [0.5, 0.6) is 5.75 Å². The number of likely N-dealkylation sites (N-methyl/N-ethyl adjacent to an activating group) is 2. The summed E-state index contributed by atoms with van der Waals surface area (Å²) >= 11 is 0. The van der Waals surface area contributed by atoms with Crippen LogP contribution in [0.1, 0.15) is 0 Å². The Morgan fingerprint density at radius 2 is 1.88 bits per heavy atom. The molecule has 24 heavy (non-hydrogen) atoms. The molecule has 2 aromatic carbocycles. The van der Waals surface area contributed by atoms with E-state index in [0.29, 0.717) is 5.75 Å². The van der Waals surface area contributed by atoms with Crippen molar-refractivity contribution in [2.75, 3.05) is 27.2 Å². The fourth-order valence-corrected chi connectivity index (χ4v) is 2.43. The highest BCUT2D eigenvalue weighted by atomic mass is 16.5. The van der Waals surface area contributed by atoms with Crippen LogP contribution < -0.4 is 10.1 Å². The zero-order valence-electron chi connectivity index (χ0n) is 13.5. The predicted molar refractivity (Wildman–Crippen MR) is 90.9 cm³/mol. The van der Waals surface area contributed by atoms with Crippen molar-refractivity contribution in [1.29, 1.82) is 0 Å². The Bertz CT molecular complexity index is 900. The molecule has 124 valence electrons. The number of rotatable bonds is 5. The van der Waals surface area contributed by atoms with Gasteiger partial charge in [-0.2, -0.15) is 0 Å². The van der Waals surface area contributed by atoms with E-state index in [-0.39, 0.29) is 25.0 Å². The molecule has 0 radical (unpaired) electrons. The minimum Gasteiger partial charge on any atom is -0.484 e. The van der Waals surface area contributed by atoms with Gasteiger partial charge in [-0.15, -0.1) is 0 Å². The third kappa shape index (κ3) is 3.17. The van der Waals surface area contributed by atoms with Gasteiger partial charge in [0.2, 0.25) is 5.91 Å². The number of furan rings is 1. The van der Waals surface area contributed by atoms with Gasteiger partial charge in [0.15, 0.2) is 6.61 Å². The van der Waals surface area contributed by atoms with Crippen LogP contribution in [0.2, 0.25) is 0 Å². The van der Waals surface area contributed by atoms with E-state index in [1.807, 2.05) is 36.4 Å². The first-order chi connectivity index (χ1) is 11.6. The Hall–Kier alpha value is -3.02. The maximum Gasteiger partial charge on any atom is 0.260 e. The lowest BCUT2D eigenvalue weighted by Crippen LogP contribution is -2.39. The van der Waals surface area contributed by atoms with Crippen LogP contribution in [0.25, 0.3) is 21.9 Å². The molecule has 6 heteroatoms. The van der Waals surface area contributed by atoms with Gasteiger partial charge in [0.25, 0.3) is 5.91 Å². The van der Waals surface area contributed by atoms with E-state index in [4.69, 9.17) is 9.15 Å². The van der Waals surface area contributed by atoms with Crippen molar-refractivity contribution in [3.8, 4) is 5.75 Å². The number of nitrogens with one attached hydrogen (secondary N) is 1. The Labute approximate surface area is 139 Å². The summed E-state index contributed by atoms with van der Waals surface area (Å²) in [5.41, 5.74) is 1.58. The van der Waals surface area contributed by atoms with E-state index in [2.05, 4.69) is 5.32 Å². The van der Waals surface area contributed by atoms with E-state index >= 15 is 0 Å². The van der Waals surface area contributed by atoms with Gasteiger partial charge >= 0.3 is 0 Å². The Morgan fingerprint density at radius 3 is 2.67 bits per heavy atom. The molecule has 6 nitrogen and oxygen atoms in total. The third-order valence-electron chi connectivity index (χ3n) is 3.80. The molecule has 0 atom stereocenters. The molecule has 0 aliphatic heterocycles. The lowest BCUT2D eigenvalue weighted by atomic mass is 10.1.